The number of hydrogen-bond acceptors (Lipinski definition) is 4. The first kappa shape index (κ1) is 31.1. The van der Waals surface area contributed by atoms with E-state index >= 15 is 0 Å². The summed E-state index contributed by atoms with van der Waals surface area (Å²) in [4.78, 5) is 17.2. The lowest BCUT2D eigenvalue weighted by Crippen LogP contribution is -2.29. The van der Waals surface area contributed by atoms with Crippen LogP contribution in [0, 0.1) is 20.8 Å². The van der Waals surface area contributed by atoms with Gasteiger partial charge >= 0.3 is 0 Å². The molecule has 6 heteroatoms. The Balaban J connectivity index is 1.19. The molecule has 42 heavy (non-hydrogen) atoms. The topological polar surface area (TPSA) is 65.4 Å². The number of aromatic nitrogens is 2. The largest absolute Gasteiger partial charge is 0.493 e. The van der Waals surface area contributed by atoms with Crippen molar-refractivity contribution in [2.45, 2.75) is 85.6 Å². The van der Waals surface area contributed by atoms with Gasteiger partial charge < -0.3 is 19.4 Å². The van der Waals surface area contributed by atoms with Gasteiger partial charge in [0.15, 0.2) is 6.61 Å². The minimum Gasteiger partial charge on any atom is -0.493 e. The van der Waals surface area contributed by atoms with E-state index in [0.717, 1.165) is 79.0 Å². The highest BCUT2D eigenvalue weighted by atomic mass is 16.5. The van der Waals surface area contributed by atoms with Gasteiger partial charge in [0.2, 0.25) is 0 Å². The SMILES string of the molecule is Cc1ccc(C)c(OCC(=O)NCCCCCc2nc3ccccc3n2CCCCOc2cc(C)ccc2C(C)C)c1. The lowest BCUT2D eigenvalue weighted by atomic mass is 10.0. The van der Waals surface area contributed by atoms with Gasteiger partial charge in [-0.25, -0.2) is 4.98 Å². The molecule has 0 aliphatic carbocycles. The van der Waals surface area contributed by atoms with Gasteiger partial charge in [-0.1, -0.05) is 56.7 Å². The van der Waals surface area contributed by atoms with Crippen molar-refractivity contribution < 1.29 is 14.3 Å². The van der Waals surface area contributed by atoms with E-state index in [0.29, 0.717) is 19.1 Å². The van der Waals surface area contributed by atoms with E-state index in [1.807, 2.05) is 32.0 Å². The number of unbranched alkanes of at least 4 members (excludes halogenated alkanes) is 3. The predicted octanol–water partition coefficient (Wildman–Crippen LogP) is 7.85. The summed E-state index contributed by atoms with van der Waals surface area (Å²) in [6.45, 7) is 12.9. The number of amides is 1. The summed E-state index contributed by atoms with van der Waals surface area (Å²) in [6.07, 6.45) is 5.95. The number of aryl methyl sites for hydroxylation is 5. The molecule has 1 amide bonds. The highest BCUT2D eigenvalue weighted by Gasteiger charge is 2.12. The van der Waals surface area contributed by atoms with E-state index in [2.05, 4.69) is 73.1 Å². The summed E-state index contributed by atoms with van der Waals surface area (Å²) in [5.41, 5.74) is 6.92. The summed E-state index contributed by atoms with van der Waals surface area (Å²) < 4.78 is 14.3. The normalized spacial score (nSPS) is 11.3. The first-order valence-electron chi connectivity index (χ1n) is 15.5. The van der Waals surface area contributed by atoms with E-state index in [4.69, 9.17) is 14.5 Å². The number of imidazole rings is 1. The molecule has 1 heterocycles. The van der Waals surface area contributed by atoms with Crippen molar-refractivity contribution in [2.24, 2.45) is 0 Å². The molecule has 0 radical (unpaired) electrons. The molecule has 224 valence electrons. The number of rotatable bonds is 16. The zero-order valence-electron chi connectivity index (χ0n) is 26.0. The molecule has 0 unspecified atom stereocenters. The number of carbonyl (C=O) groups is 1. The van der Waals surface area contributed by atoms with Crippen LogP contribution in [0.1, 0.15) is 79.9 Å². The summed E-state index contributed by atoms with van der Waals surface area (Å²) in [6, 6.07) is 20.9. The molecular formula is C36H47N3O3. The third-order valence-corrected chi connectivity index (χ3v) is 7.66. The molecule has 0 aliphatic rings. The second-order valence-corrected chi connectivity index (χ2v) is 11.6. The highest BCUT2D eigenvalue weighted by Crippen LogP contribution is 2.28. The van der Waals surface area contributed by atoms with Gasteiger partial charge in [-0.2, -0.15) is 0 Å². The summed E-state index contributed by atoms with van der Waals surface area (Å²) in [5.74, 6) is 3.29. The Kier molecular flexibility index (Phi) is 11.4. The van der Waals surface area contributed by atoms with Crippen LogP contribution in [0.15, 0.2) is 60.7 Å². The number of nitrogens with zero attached hydrogens (tertiary/aromatic N) is 2. The van der Waals surface area contributed by atoms with Crippen molar-refractivity contribution in [3.63, 3.8) is 0 Å². The standard InChI is InChI=1S/C36H47N3O3/c1-26(2)30-19-17-28(4)24-34(30)41-22-12-11-21-39-32-14-9-8-13-31(32)38-35(39)15-7-6-10-20-37-36(40)25-42-33-23-27(3)16-18-29(33)5/h8-9,13-14,16-19,23-24,26H,6-7,10-12,15,20-22,25H2,1-5H3,(H,37,40). The zero-order valence-corrected chi connectivity index (χ0v) is 26.0. The Morgan fingerprint density at radius 2 is 1.62 bits per heavy atom. The van der Waals surface area contributed by atoms with Gasteiger partial charge in [0, 0.05) is 19.5 Å². The lowest BCUT2D eigenvalue weighted by molar-refractivity contribution is -0.123. The second kappa shape index (κ2) is 15.4. The minimum absolute atomic E-state index is 0.0449. The van der Waals surface area contributed by atoms with E-state index < -0.39 is 0 Å². The Morgan fingerprint density at radius 1 is 0.857 bits per heavy atom. The third-order valence-electron chi connectivity index (χ3n) is 7.66. The molecule has 0 atom stereocenters. The Labute approximate surface area is 251 Å². The average molecular weight is 570 g/mol. The van der Waals surface area contributed by atoms with Gasteiger partial charge in [0.25, 0.3) is 5.91 Å². The van der Waals surface area contributed by atoms with E-state index in [9.17, 15) is 4.79 Å². The van der Waals surface area contributed by atoms with Crippen LogP contribution in [0.2, 0.25) is 0 Å². The number of ether oxygens (including phenoxy) is 2. The van der Waals surface area contributed by atoms with Crippen LogP contribution in [0.4, 0.5) is 0 Å². The third kappa shape index (κ3) is 8.85. The zero-order chi connectivity index (χ0) is 29.9. The molecule has 4 rings (SSSR count). The molecule has 0 saturated heterocycles. The molecule has 1 N–H and O–H groups in total. The quantitative estimate of drug-likeness (QED) is 0.140. The smallest absolute Gasteiger partial charge is 0.257 e. The predicted molar refractivity (Wildman–Crippen MR) is 172 cm³/mol. The van der Waals surface area contributed by atoms with Gasteiger partial charge in [0.05, 0.1) is 17.6 Å². The van der Waals surface area contributed by atoms with Crippen LogP contribution in [-0.2, 0) is 17.8 Å². The Morgan fingerprint density at radius 3 is 2.43 bits per heavy atom. The molecule has 3 aromatic carbocycles. The van der Waals surface area contributed by atoms with Crippen molar-refractivity contribution in [3.8, 4) is 11.5 Å². The van der Waals surface area contributed by atoms with E-state index in [1.165, 1.54) is 16.6 Å². The molecule has 6 nitrogen and oxygen atoms in total. The summed E-state index contributed by atoms with van der Waals surface area (Å²) in [5, 5.41) is 2.99. The van der Waals surface area contributed by atoms with Crippen LogP contribution in [0.3, 0.4) is 0 Å². The molecule has 4 aromatic rings. The van der Waals surface area contributed by atoms with Gasteiger partial charge in [0.1, 0.15) is 17.3 Å². The molecule has 0 spiro atoms. The number of carbonyl (C=O) groups excluding carboxylic acids is 1. The number of benzene rings is 3. The fourth-order valence-electron chi connectivity index (χ4n) is 5.23. The lowest BCUT2D eigenvalue weighted by Gasteiger charge is -2.15. The van der Waals surface area contributed by atoms with Crippen LogP contribution < -0.4 is 14.8 Å². The second-order valence-electron chi connectivity index (χ2n) is 11.6. The Hall–Kier alpha value is -3.80. The molecule has 1 aromatic heterocycles. The monoisotopic (exact) mass is 569 g/mol. The van der Waals surface area contributed by atoms with E-state index in [-0.39, 0.29) is 12.5 Å². The first-order chi connectivity index (χ1) is 20.3. The molecular weight excluding hydrogens is 522 g/mol. The van der Waals surface area contributed by atoms with Crippen molar-refractivity contribution >= 4 is 16.9 Å². The van der Waals surface area contributed by atoms with Crippen LogP contribution >= 0.6 is 0 Å². The number of hydrogen-bond donors (Lipinski definition) is 1. The van der Waals surface area contributed by atoms with Gasteiger partial charge in [-0.3, -0.25) is 4.79 Å². The maximum atomic E-state index is 12.2. The molecule has 0 aliphatic heterocycles. The van der Waals surface area contributed by atoms with Crippen LogP contribution in [-0.4, -0.2) is 35.2 Å². The first-order valence-corrected chi connectivity index (χ1v) is 15.5. The fourth-order valence-corrected chi connectivity index (χ4v) is 5.23. The van der Waals surface area contributed by atoms with Gasteiger partial charge in [-0.05, 0) is 98.9 Å². The maximum Gasteiger partial charge on any atom is 0.257 e. The summed E-state index contributed by atoms with van der Waals surface area (Å²) >= 11 is 0. The van der Waals surface area contributed by atoms with Crippen LogP contribution in [0.5, 0.6) is 11.5 Å². The molecule has 0 fully saturated rings. The molecule has 0 saturated carbocycles. The average Bonchev–Trinajstić information content (AvgIpc) is 3.32. The van der Waals surface area contributed by atoms with Crippen molar-refractivity contribution in [1.29, 1.82) is 0 Å². The number of nitrogens with one attached hydrogen (secondary N) is 1. The fraction of sp³-hybridized carbons (Fsp3) is 0.444. The number of fused-ring (bicyclic) bond motifs is 1. The summed E-state index contributed by atoms with van der Waals surface area (Å²) in [7, 11) is 0. The van der Waals surface area contributed by atoms with Crippen LogP contribution in [0.25, 0.3) is 11.0 Å². The van der Waals surface area contributed by atoms with E-state index in [1.54, 1.807) is 0 Å². The molecule has 0 bridgehead atoms. The van der Waals surface area contributed by atoms with Gasteiger partial charge in [-0.15, -0.1) is 0 Å². The van der Waals surface area contributed by atoms with Crippen molar-refractivity contribution in [3.05, 3.63) is 88.7 Å². The minimum atomic E-state index is -0.0792. The Bertz CT molecular complexity index is 1460. The number of para-hydroxylation sites is 2. The highest BCUT2D eigenvalue weighted by molar-refractivity contribution is 5.77. The van der Waals surface area contributed by atoms with Crippen molar-refractivity contribution in [1.82, 2.24) is 14.9 Å². The van der Waals surface area contributed by atoms with Crippen molar-refractivity contribution in [2.75, 3.05) is 19.8 Å². The maximum absolute atomic E-state index is 12.2.